The van der Waals surface area contributed by atoms with Crippen LogP contribution in [0, 0.1) is 11.8 Å². The number of carboxylic acid groups (broad SMARTS) is 1. The average molecular weight is 223 g/mol. The lowest BCUT2D eigenvalue weighted by atomic mass is 10.2. The molecule has 78 valence electrons. The molecule has 1 rings (SSSR count). The van der Waals surface area contributed by atoms with Gasteiger partial charge < -0.3 is 10.8 Å². The number of carboxylic acids is 1. The van der Waals surface area contributed by atoms with E-state index in [1.165, 1.54) is 18.0 Å². The Kier molecular flexibility index (Phi) is 4.09. The fourth-order valence-electron chi connectivity index (χ4n) is 0.865. The summed E-state index contributed by atoms with van der Waals surface area (Å²) in [6.45, 7) is 0.170. The number of thioether (sulfide) groups is 1. The first-order valence-electron chi connectivity index (χ1n) is 4.02. The summed E-state index contributed by atoms with van der Waals surface area (Å²) in [6, 6.07) is 0. The van der Waals surface area contributed by atoms with Crippen molar-refractivity contribution in [2.75, 3.05) is 12.8 Å². The maximum absolute atomic E-state index is 10.9. The molecule has 5 nitrogen and oxygen atoms in total. The molecule has 0 radical (unpaired) electrons. The van der Waals surface area contributed by atoms with Crippen LogP contribution in [0.25, 0.3) is 0 Å². The number of rotatable bonds is 2. The first kappa shape index (κ1) is 11.5. The van der Waals surface area contributed by atoms with Gasteiger partial charge in [-0.1, -0.05) is 23.6 Å². The topological polar surface area (TPSA) is 89.1 Å². The third-order valence-electron chi connectivity index (χ3n) is 1.48. The van der Waals surface area contributed by atoms with Crippen LogP contribution in [0.5, 0.6) is 0 Å². The van der Waals surface area contributed by atoms with Crippen molar-refractivity contribution in [1.29, 1.82) is 0 Å². The van der Waals surface area contributed by atoms with Gasteiger partial charge in [0.25, 0.3) is 0 Å². The lowest BCUT2D eigenvalue weighted by Gasteiger charge is -1.99. The van der Waals surface area contributed by atoms with Gasteiger partial charge >= 0.3 is 5.97 Å². The number of nitrogens with zero attached hydrogens (tertiary/aromatic N) is 2. The molecule has 1 aromatic rings. The van der Waals surface area contributed by atoms with Crippen LogP contribution in [-0.2, 0) is 0 Å². The van der Waals surface area contributed by atoms with E-state index in [4.69, 9.17) is 10.8 Å². The van der Waals surface area contributed by atoms with E-state index in [0.29, 0.717) is 5.16 Å². The summed E-state index contributed by atoms with van der Waals surface area (Å²) in [4.78, 5) is 18.6. The number of hydrogen-bond donors (Lipinski definition) is 2. The number of hydrogen-bond acceptors (Lipinski definition) is 5. The van der Waals surface area contributed by atoms with Crippen LogP contribution < -0.4 is 5.73 Å². The zero-order valence-electron chi connectivity index (χ0n) is 8.02. The molecule has 0 unspecified atom stereocenters. The highest BCUT2D eigenvalue weighted by atomic mass is 32.2. The molecule has 1 aromatic heterocycles. The van der Waals surface area contributed by atoms with Gasteiger partial charge in [-0.25, -0.2) is 14.8 Å². The fourth-order valence-corrected chi connectivity index (χ4v) is 1.21. The molecule has 15 heavy (non-hydrogen) atoms. The van der Waals surface area contributed by atoms with Crippen LogP contribution >= 0.6 is 11.8 Å². The summed E-state index contributed by atoms with van der Waals surface area (Å²) in [5.41, 5.74) is 5.39. The molecule has 1 heterocycles. The summed E-state index contributed by atoms with van der Waals surface area (Å²) < 4.78 is 0. The molecule has 0 fully saturated rings. The van der Waals surface area contributed by atoms with Gasteiger partial charge in [0.05, 0.1) is 12.1 Å². The van der Waals surface area contributed by atoms with Gasteiger partial charge in [0, 0.05) is 6.20 Å². The van der Waals surface area contributed by atoms with Crippen molar-refractivity contribution in [2.45, 2.75) is 5.16 Å². The third-order valence-corrected chi connectivity index (χ3v) is 2.04. The van der Waals surface area contributed by atoms with Gasteiger partial charge in [-0.05, 0) is 6.26 Å². The molecule has 6 heteroatoms. The highest BCUT2D eigenvalue weighted by Gasteiger charge is 2.12. The van der Waals surface area contributed by atoms with Crippen LogP contribution in [0.15, 0.2) is 11.4 Å². The fraction of sp³-hybridized carbons (Fsp3) is 0.222. The highest BCUT2D eigenvalue weighted by Crippen LogP contribution is 2.11. The zero-order chi connectivity index (χ0) is 11.3. The van der Waals surface area contributed by atoms with Gasteiger partial charge in [-0.2, -0.15) is 0 Å². The monoisotopic (exact) mass is 223 g/mol. The zero-order valence-corrected chi connectivity index (χ0v) is 8.84. The average Bonchev–Trinajstić information content (AvgIpc) is 2.26. The van der Waals surface area contributed by atoms with Crippen molar-refractivity contribution in [2.24, 2.45) is 5.73 Å². The second kappa shape index (κ2) is 5.34. The lowest BCUT2D eigenvalue weighted by Crippen LogP contribution is -2.06. The van der Waals surface area contributed by atoms with Crippen LogP contribution in [0.4, 0.5) is 0 Å². The SMILES string of the molecule is CSc1ncc(C#CCN)c(C(=O)O)n1. The van der Waals surface area contributed by atoms with Gasteiger partial charge in [0.15, 0.2) is 10.9 Å². The lowest BCUT2D eigenvalue weighted by molar-refractivity contribution is 0.0689. The summed E-state index contributed by atoms with van der Waals surface area (Å²) >= 11 is 1.27. The van der Waals surface area contributed by atoms with Gasteiger partial charge in [0.2, 0.25) is 0 Å². The molecular weight excluding hydrogens is 214 g/mol. The molecule has 0 aliphatic rings. The van der Waals surface area contributed by atoms with Crippen molar-refractivity contribution in [1.82, 2.24) is 9.97 Å². The summed E-state index contributed by atoms with van der Waals surface area (Å²) in [7, 11) is 0. The Morgan fingerprint density at radius 2 is 2.47 bits per heavy atom. The maximum Gasteiger partial charge on any atom is 0.355 e. The number of aromatic carboxylic acids is 1. The van der Waals surface area contributed by atoms with Crippen LogP contribution in [0.2, 0.25) is 0 Å². The Balaban J connectivity index is 3.21. The minimum atomic E-state index is -1.12. The van der Waals surface area contributed by atoms with E-state index in [1.54, 1.807) is 6.26 Å². The molecule has 0 saturated heterocycles. The Bertz CT molecular complexity index is 437. The van der Waals surface area contributed by atoms with Gasteiger partial charge in [-0.15, -0.1) is 0 Å². The Hall–Kier alpha value is -1.58. The predicted octanol–water partition coefficient (Wildman–Crippen LogP) is 0.207. The Morgan fingerprint density at radius 1 is 1.73 bits per heavy atom. The third kappa shape index (κ3) is 2.94. The Morgan fingerprint density at radius 3 is 3.00 bits per heavy atom. The van der Waals surface area contributed by atoms with Crippen molar-refractivity contribution in [3.63, 3.8) is 0 Å². The van der Waals surface area contributed by atoms with E-state index in [9.17, 15) is 4.79 Å². The minimum absolute atomic E-state index is 0.0877. The van der Waals surface area contributed by atoms with Crippen molar-refractivity contribution < 1.29 is 9.90 Å². The van der Waals surface area contributed by atoms with Gasteiger partial charge in [-0.3, -0.25) is 0 Å². The second-order valence-electron chi connectivity index (χ2n) is 2.43. The van der Waals surface area contributed by atoms with Gasteiger partial charge in [0.1, 0.15) is 0 Å². The van der Waals surface area contributed by atoms with Crippen LogP contribution in [0.1, 0.15) is 16.1 Å². The molecule has 0 aromatic carbocycles. The molecule has 0 spiro atoms. The standard InChI is InChI=1S/C9H9N3O2S/c1-15-9-11-5-6(3-2-4-10)7(12-9)8(13)14/h5H,4,10H2,1H3,(H,13,14). The van der Waals surface area contributed by atoms with E-state index in [-0.39, 0.29) is 17.8 Å². The first-order chi connectivity index (χ1) is 7.19. The van der Waals surface area contributed by atoms with E-state index < -0.39 is 5.97 Å². The van der Waals surface area contributed by atoms with E-state index in [2.05, 4.69) is 21.8 Å². The van der Waals surface area contributed by atoms with E-state index in [0.717, 1.165) is 0 Å². The number of nitrogens with two attached hydrogens (primary N) is 1. The quantitative estimate of drug-likeness (QED) is 0.423. The Labute approximate surface area is 91.1 Å². The van der Waals surface area contributed by atoms with Crippen LogP contribution in [-0.4, -0.2) is 33.8 Å². The van der Waals surface area contributed by atoms with Crippen molar-refractivity contribution in [3.8, 4) is 11.8 Å². The number of carbonyl (C=O) groups is 1. The summed E-state index contributed by atoms with van der Waals surface area (Å²) in [5, 5.41) is 9.29. The van der Waals surface area contributed by atoms with Crippen molar-refractivity contribution in [3.05, 3.63) is 17.5 Å². The molecule has 3 N–H and O–H groups in total. The number of aromatic nitrogens is 2. The maximum atomic E-state index is 10.9. The smallest absolute Gasteiger partial charge is 0.355 e. The first-order valence-corrected chi connectivity index (χ1v) is 5.24. The molecular formula is C9H9N3O2S. The minimum Gasteiger partial charge on any atom is -0.476 e. The largest absolute Gasteiger partial charge is 0.476 e. The second-order valence-corrected chi connectivity index (χ2v) is 3.20. The molecule has 0 atom stereocenters. The summed E-state index contributed by atoms with van der Waals surface area (Å²) in [6.07, 6.45) is 3.16. The molecule has 0 aliphatic carbocycles. The molecule has 0 amide bonds. The molecule has 0 bridgehead atoms. The normalized spacial score (nSPS) is 9.20. The van der Waals surface area contributed by atoms with E-state index >= 15 is 0 Å². The molecule has 0 aliphatic heterocycles. The van der Waals surface area contributed by atoms with Crippen molar-refractivity contribution >= 4 is 17.7 Å². The van der Waals surface area contributed by atoms with E-state index in [1.807, 2.05) is 0 Å². The highest BCUT2D eigenvalue weighted by molar-refractivity contribution is 7.98. The predicted molar refractivity (Wildman–Crippen MR) is 56.7 cm³/mol. The van der Waals surface area contributed by atoms with Crippen LogP contribution in [0.3, 0.4) is 0 Å². The summed E-state index contributed by atoms with van der Waals surface area (Å²) in [5.74, 6) is 4.06. The molecule has 0 saturated carbocycles.